The van der Waals surface area contributed by atoms with E-state index in [1.54, 1.807) is 12.1 Å². The number of benzene rings is 1. The van der Waals surface area contributed by atoms with E-state index in [-0.39, 0.29) is 5.91 Å². The Morgan fingerprint density at radius 1 is 1.26 bits per heavy atom. The van der Waals surface area contributed by atoms with Gasteiger partial charge in [0.05, 0.1) is 0 Å². The molecule has 0 radical (unpaired) electrons. The number of carbonyl (C=O) groups excluding carboxylic acids is 1. The minimum Gasteiger partial charge on any atom is -0.399 e. The van der Waals surface area contributed by atoms with E-state index in [0.29, 0.717) is 17.8 Å². The number of nitrogen functional groups attached to an aromatic ring is 1. The van der Waals surface area contributed by atoms with Crippen LogP contribution in [0.4, 0.5) is 5.69 Å². The van der Waals surface area contributed by atoms with Crippen molar-refractivity contribution in [2.24, 2.45) is 0 Å². The van der Waals surface area contributed by atoms with Crippen LogP contribution in [0.5, 0.6) is 0 Å². The molecule has 3 rings (SSSR count). The van der Waals surface area contributed by atoms with E-state index in [4.69, 9.17) is 5.73 Å². The Hall–Kier alpha value is -1.55. The molecule has 4 heteroatoms. The lowest BCUT2D eigenvalue weighted by atomic mass is 10.1. The van der Waals surface area contributed by atoms with Crippen molar-refractivity contribution in [2.45, 2.75) is 31.8 Å². The van der Waals surface area contributed by atoms with Gasteiger partial charge in [0.15, 0.2) is 0 Å². The number of piperazine rings is 1. The number of hydrogen-bond donors (Lipinski definition) is 1. The van der Waals surface area contributed by atoms with Crippen LogP contribution in [0, 0.1) is 0 Å². The van der Waals surface area contributed by atoms with Crippen LogP contribution in [0.3, 0.4) is 0 Å². The zero-order valence-corrected chi connectivity index (χ0v) is 11.4. The summed E-state index contributed by atoms with van der Waals surface area (Å²) in [5, 5.41) is 0. The summed E-state index contributed by atoms with van der Waals surface area (Å²) in [7, 11) is 0. The second-order valence-corrected chi connectivity index (χ2v) is 5.72. The Bertz CT molecular complexity index is 471. The smallest absolute Gasteiger partial charge is 0.254 e. The Balaban J connectivity index is 1.77. The average molecular weight is 259 g/mol. The largest absolute Gasteiger partial charge is 0.399 e. The van der Waals surface area contributed by atoms with Gasteiger partial charge in [-0.15, -0.1) is 0 Å². The maximum Gasteiger partial charge on any atom is 0.254 e. The highest BCUT2D eigenvalue weighted by atomic mass is 16.2. The minimum absolute atomic E-state index is 0.138. The average Bonchev–Trinajstić information content (AvgIpc) is 2.85. The summed E-state index contributed by atoms with van der Waals surface area (Å²) < 4.78 is 0. The summed E-state index contributed by atoms with van der Waals surface area (Å²) in [6, 6.07) is 8.10. The van der Waals surface area contributed by atoms with Crippen molar-refractivity contribution in [3.05, 3.63) is 29.8 Å². The zero-order chi connectivity index (χ0) is 13.4. The van der Waals surface area contributed by atoms with Gasteiger partial charge < -0.3 is 10.6 Å². The first-order valence-electron chi connectivity index (χ1n) is 7.05. The Labute approximate surface area is 114 Å². The van der Waals surface area contributed by atoms with Crippen LogP contribution in [0.1, 0.15) is 30.1 Å². The highest BCUT2D eigenvalue weighted by Crippen LogP contribution is 2.25. The molecule has 1 amide bonds. The monoisotopic (exact) mass is 259 g/mol. The van der Waals surface area contributed by atoms with Crippen LogP contribution in [-0.4, -0.2) is 47.4 Å². The van der Waals surface area contributed by atoms with Gasteiger partial charge >= 0.3 is 0 Å². The first-order chi connectivity index (χ1) is 9.15. The highest BCUT2D eigenvalue weighted by molar-refractivity contribution is 5.94. The fourth-order valence-corrected chi connectivity index (χ4v) is 3.26. The van der Waals surface area contributed by atoms with Gasteiger partial charge in [0.2, 0.25) is 0 Å². The number of carbonyl (C=O) groups is 1. The van der Waals surface area contributed by atoms with E-state index >= 15 is 0 Å². The van der Waals surface area contributed by atoms with Crippen molar-refractivity contribution >= 4 is 11.6 Å². The van der Waals surface area contributed by atoms with Crippen LogP contribution in [-0.2, 0) is 0 Å². The fraction of sp³-hybridized carbons (Fsp3) is 0.533. The summed E-state index contributed by atoms with van der Waals surface area (Å²) in [5.74, 6) is 0.138. The van der Waals surface area contributed by atoms with Gasteiger partial charge in [-0.1, -0.05) is 0 Å². The van der Waals surface area contributed by atoms with Crippen molar-refractivity contribution < 1.29 is 4.79 Å². The number of nitrogens with two attached hydrogens (primary N) is 1. The summed E-state index contributed by atoms with van der Waals surface area (Å²) in [6.07, 6.45) is 2.49. The molecule has 4 nitrogen and oxygen atoms in total. The van der Waals surface area contributed by atoms with Crippen molar-refractivity contribution in [3.63, 3.8) is 0 Å². The molecule has 2 saturated heterocycles. The quantitative estimate of drug-likeness (QED) is 0.779. The molecule has 2 unspecified atom stereocenters. The number of hydrogen-bond acceptors (Lipinski definition) is 3. The minimum atomic E-state index is 0.138. The van der Waals surface area contributed by atoms with Gasteiger partial charge in [-0.3, -0.25) is 9.69 Å². The van der Waals surface area contributed by atoms with E-state index < -0.39 is 0 Å². The first kappa shape index (κ1) is 12.5. The lowest BCUT2D eigenvalue weighted by Gasteiger charge is -2.42. The van der Waals surface area contributed by atoms with Crippen LogP contribution in [0.25, 0.3) is 0 Å². The zero-order valence-electron chi connectivity index (χ0n) is 11.4. The molecule has 2 atom stereocenters. The van der Waals surface area contributed by atoms with E-state index in [0.717, 1.165) is 18.7 Å². The predicted molar refractivity (Wildman–Crippen MR) is 75.9 cm³/mol. The van der Waals surface area contributed by atoms with Gasteiger partial charge in [-0.2, -0.15) is 0 Å². The molecule has 0 bridgehead atoms. The molecule has 1 aromatic rings. The molecule has 0 aromatic heterocycles. The molecule has 2 N–H and O–H groups in total. The van der Waals surface area contributed by atoms with Crippen LogP contribution < -0.4 is 5.73 Å². The molecule has 102 valence electrons. The lowest BCUT2D eigenvalue weighted by molar-refractivity contribution is 0.0395. The third kappa shape index (κ3) is 2.32. The number of rotatable bonds is 1. The number of fused-ring (bicyclic) bond motifs is 1. The third-order valence-corrected chi connectivity index (χ3v) is 4.36. The SMILES string of the molecule is CC1CN2CCCC2CN1C(=O)c1ccc(N)cc1. The molecule has 0 saturated carbocycles. The summed E-state index contributed by atoms with van der Waals surface area (Å²) in [5.41, 5.74) is 7.11. The molecule has 0 spiro atoms. The molecule has 2 aliphatic rings. The molecular weight excluding hydrogens is 238 g/mol. The van der Waals surface area contributed by atoms with Crippen LogP contribution in [0.2, 0.25) is 0 Å². The Morgan fingerprint density at radius 2 is 2.00 bits per heavy atom. The topological polar surface area (TPSA) is 49.6 Å². The number of amides is 1. The van der Waals surface area contributed by atoms with Gasteiger partial charge in [0.25, 0.3) is 5.91 Å². The van der Waals surface area contributed by atoms with E-state index in [9.17, 15) is 4.79 Å². The van der Waals surface area contributed by atoms with Crippen molar-refractivity contribution in [1.82, 2.24) is 9.80 Å². The molecule has 1 aromatic carbocycles. The lowest BCUT2D eigenvalue weighted by Crippen LogP contribution is -2.56. The van der Waals surface area contributed by atoms with Crippen LogP contribution >= 0.6 is 0 Å². The molecule has 0 aliphatic carbocycles. The second kappa shape index (κ2) is 4.85. The maximum atomic E-state index is 12.6. The van der Waals surface area contributed by atoms with E-state index in [1.165, 1.54) is 19.4 Å². The summed E-state index contributed by atoms with van der Waals surface area (Å²) in [4.78, 5) is 17.1. The molecule has 19 heavy (non-hydrogen) atoms. The first-order valence-corrected chi connectivity index (χ1v) is 7.05. The van der Waals surface area contributed by atoms with Crippen molar-refractivity contribution in [3.8, 4) is 0 Å². The molecule has 2 heterocycles. The Morgan fingerprint density at radius 3 is 2.74 bits per heavy atom. The maximum absolute atomic E-state index is 12.6. The number of anilines is 1. The van der Waals surface area contributed by atoms with E-state index in [1.807, 2.05) is 17.0 Å². The molecule has 2 fully saturated rings. The predicted octanol–water partition coefficient (Wildman–Crippen LogP) is 1.58. The second-order valence-electron chi connectivity index (χ2n) is 5.72. The highest BCUT2D eigenvalue weighted by Gasteiger charge is 2.36. The fourth-order valence-electron chi connectivity index (χ4n) is 3.26. The van der Waals surface area contributed by atoms with E-state index in [2.05, 4.69) is 11.8 Å². The summed E-state index contributed by atoms with van der Waals surface area (Å²) in [6.45, 7) is 5.21. The van der Waals surface area contributed by atoms with Gasteiger partial charge in [-0.05, 0) is 50.6 Å². The normalized spacial score (nSPS) is 27.3. The van der Waals surface area contributed by atoms with Gasteiger partial charge in [-0.25, -0.2) is 0 Å². The van der Waals surface area contributed by atoms with Crippen LogP contribution in [0.15, 0.2) is 24.3 Å². The molecule has 2 aliphatic heterocycles. The van der Waals surface area contributed by atoms with Crippen molar-refractivity contribution in [1.29, 1.82) is 0 Å². The third-order valence-electron chi connectivity index (χ3n) is 4.36. The van der Waals surface area contributed by atoms with Gasteiger partial charge in [0.1, 0.15) is 0 Å². The van der Waals surface area contributed by atoms with Crippen molar-refractivity contribution in [2.75, 3.05) is 25.4 Å². The molecular formula is C15H21N3O. The Kier molecular flexibility index (Phi) is 3.19. The number of nitrogens with zero attached hydrogens (tertiary/aromatic N) is 2. The standard InChI is InChI=1S/C15H21N3O/c1-11-9-17-8-2-3-14(17)10-18(11)15(19)12-4-6-13(16)7-5-12/h4-7,11,14H,2-3,8-10,16H2,1H3. The van der Waals surface area contributed by atoms with Gasteiger partial charge in [0, 0.05) is 36.4 Å². The summed E-state index contributed by atoms with van der Waals surface area (Å²) >= 11 is 0.